The Morgan fingerprint density at radius 2 is 1.68 bits per heavy atom. The lowest BCUT2D eigenvalue weighted by atomic mass is 10.1. The Morgan fingerprint density at radius 3 is 2.32 bits per heavy atom. The van der Waals surface area contributed by atoms with Gasteiger partial charge in [0.25, 0.3) is 0 Å². The molecule has 9 heteroatoms. The standard InChI is InChI=1S/C19H17ClF3N3O2/c1-12(13-5-3-2-4-6-13)25-26-18(28)10-9-17(27)24-16-11-14(19(21,22)23)7-8-15(16)20/h2-8,11H,9-10H2,1H3,(H,24,27)(H,26,28)/b25-12+. The van der Waals surface area contributed by atoms with Crippen LogP contribution in [-0.2, 0) is 15.8 Å². The molecule has 2 rings (SSSR count). The molecular weight excluding hydrogens is 395 g/mol. The Morgan fingerprint density at radius 1 is 1.04 bits per heavy atom. The van der Waals surface area contributed by atoms with Gasteiger partial charge in [0.05, 0.1) is 22.0 Å². The normalized spacial score (nSPS) is 11.8. The molecule has 2 aromatic carbocycles. The number of rotatable bonds is 6. The fraction of sp³-hybridized carbons (Fsp3) is 0.211. The van der Waals surface area contributed by atoms with Crippen molar-refractivity contribution in [2.24, 2.45) is 5.10 Å². The molecule has 0 aromatic heterocycles. The van der Waals surface area contributed by atoms with Crippen LogP contribution in [0, 0.1) is 0 Å². The SMILES string of the molecule is C/C(=N\NC(=O)CCC(=O)Nc1cc(C(F)(F)F)ccc1Cl)c1ccccc1. The smallest absolute Gasteiger partial charge is 0.325 e. The van der Waals surface area contributed by atoms with E-state index in [2.05, 4.69) is 15.8 Å². The maximum atomic E-state index is 12.7. The third-order valence-electron chi connectivity index (χ3n) is 3.69. The molecule has 0 radical (unpaired) electrons. The van der Waals surface area contributed by atoms with E-state index in [1.165, 1.54) is 0 Å². The van der Waals surface area contributed by atoms with Crippen molar-refractivity contribution < 1.29 is 22.8 Å². The van der Waals surface area contributed by atoms with Gasteiger partial charge in [0.1, 0.15) is 0 Å². The number of carbonyl (C=O) groups is 2. The Balaban J connectivity index is 1.88. The number of nitrogens with zero attached hydrogens (tertiary/aromatic N) is 1. The summed E-state index contributed by atoms with van der Waals surface area (Å²) in [6.07, 6.45) is -4.98. The lowest BCUT2D eigenvalue weighted by molar-refractivity contribution is -0.137. The lowest BCUT2D eigenvalue weighted by Gasteiger charge is -2.11. The van der Waals surface area contributed by atoms with E-state index in [-0.39, 0.29) is 23.6 Å². The van der Waals surface area contributed by atoms with Crippen LogP contribution < -0.4 is 10.7 Å². The Hall–Kier alpha value is -2.87. The van der Waals surface area contributed by atoms with E-state index in [0.29, 0.717) is 5.71 Å². The molecular formula is C19H17ClF3N3O2. The number of hydrogen-bond acceptors (Lipinski definition) is 3. The molecule has 0 aliphatic heterocycles. The highest BCUT2D eigenvalue weighted by atomic mass is 35.5. The topological polar surface area (TPSA) is 70.6 Å². The van der Waals surface area contributed by atoms with Gasteiger partial charge in [0.2, 0.25) is 11.8 Å². The predicted molar refractivity (Wildman–Crippen MR) is 101 cm³/mol. The van der Waals surface area contributed by atoms with E-state index in [1.807, 2.05) is 30.3 Å². The number of nitrogens with one attached hydrogen (secondary N) is 2. The minimum atomic E-state index is -4.56. The zero-order chi connectivity index (χ0) is 20.7. The van der Waals surface area contributed by atoms with Crippen molar-refractivity contribution >= 4 is 34.8 Å². The molecule has 28 heavy (non-hydrogen) atoms. The van der Waals surface area contributed by atoms with Crippen LogP contribution in [0.5, 0.6) is 0 Å². The number of benzene rings is 2. The zero-order valence-corrected chi connectivity index (χ0v) is 15.6. The minimum absolute atomic E-state index is 0.0334. The van der Waals surface area contributed by atoms with Gasteiger partial charge in [-0.15, -0.1) is 0 Å². The quantitative estimate of drug-likeness (QED) is 0.538. The first-order chi connectivity index (χ1) is 13.2. The maximum Gasteiger partial charge on any atom is 0.416 e. The van der Waals surface area contributed by atoms with Crippen LogP contribution in [0.15, 0.2) is 53.6 Å². The van der Waals surface area contributed by atoms with Crippen LogP contribution in [0.3, 0.4) is 0 Å². The summed E-state index contributed by atoms with van der Waals surface area (Å²) in [5.74, 6) is -1.14. The van der Waals surface area contributed by atoms with Crippen LogP contribution in [-0.4, -0.2) is 17.5 Å². The van der Waals surface area contributed by atoms with Crippen molar-refractivity contribution in [3.63, 3.8) is 0 Å². The van der Waals surface area contributed by atoms with Gasteiger partial charge in [-0.3, -0.25) is 9.59 Å². The van der Waals surface area contributed by atoms with Gasteiger partial charge in [-0.2, -0.15) is 18.3 Å². The molecule has 0 heterocycles. The monoisotopic (exact) mass is 411 g/mol. The third kappa shape index (κ3) is 6.38. The van der Waals surface area contributed by atoms with Crippen molar-refractivity contribution in [1.29, 1.82) is 0 Å². The molecule has 0 saturated heterocycles. The lowest BCUT2D eigenvalue weighted by Crippen LogP contribution is -2.22. The maximum absolute atomic E-state index is 12.7. The predicted octanol–water partition coefficient (Wildman–Crippen LogP) is 4.62. The molecule has 0 atom stereocenters. The van der Waals surface area contributed by atoms with Crippen LogP contribution in [0.4, 0.5) is 18.9 Å². The average Bonchev–Trinajstić information content (AvgIpc) is 2.66. The number of anilines is 1. The summed E-state index contributed by atoms with van der Waals surface area (Å²) in [6, 6.07) is 11.8. The Kier molecular flexibility index (Phi) is 7.17. The summed E-state index contributed by atoms with van der Waals surface area (Å²) in [5.41, 5.74) is 2.66. The summed E-state index contributed by atoms with van der Waals surface area (Å²) < 4.78 is 38.2. The van der Waals surface area contributed by atoms with E-state index in [9.17, 15) is 22.8 Å². The molecule has 0 fully saturated rings. The van der Waals surface area contributed by atoms with Crippen molar-refractivity contribution in [2.45, 2.75) is 25.9 Å². The molecule has 0 unspecified atom stereocenters. The highest BCUT2D eigenvalue weighted by molar-refractivity contribution is 6.33. The fourth-order valence-electron chi connectivity index (χ4n) is 2.18. The minimum Gasteiger partial charge on any atom is -0.325 e. The number of hydrazone groups is 1. The molecule has 2 amide bonds. The average molecular weight is 412 g/mol. The summed E-state index contributed by atoms with van der Waals surface area (Å²) in [5, 5.41) is 6.20. The number of carbonyl (C=O) groups excluding carboxylic acids is 2. The summed E-state index contributed by atoms with van der Waals surface area (Å²) in [4.78, 5) is 23.7. The first kappa shape index (κ1) is 21.4. The molecule has 5 nitrogen and oxygen atoms in total. The molecule has 0 saturated carbocycles. The number of amides is 2. The van der Waals surface area contributed by atoms with Gasteiger partial charge >= 0.3 is 6.18 Å². The van der Waals surface area contributed by atoms with E-state index in [1.54, 1.807) is 6.92 Å². The van der Waals surface area contributed by atoms with Gasteiger partial charge in [0, 0.05) is 12.8 Å². The molecule has 0 aliphatic rings. The van der Waals surface area contributed by atoms with Crippen LogP contribution in [0.25, 0.3) is 0 Å². The summed E-state index contributed by atoms with van der Waals surface area (Å²) in [6.45, 7) is 1.72. The van der Waals surface area contributed by atoms with Crippen molar-refractivity contribution in [1.82, 2.24) is 5.43 Å². The van der Waals surface area contributed by atoms with E-state index in [0.717, 1.165) is 23.8 Å². The Labute approximate surface area is 164 Å². The van der Waals surface area contributed by atoms with Crippen molar-refractivity contribution in [3.05, 3.63) is 64.7 Å². The van der Waals surface area contributed by atoms with Gasteiger partial charge in [0.15, 0.2) is 0 Å². The van der Waals surface area contributed by atoms with Crippen molar-refractivity contribution in [2.75, 3.05) is 5.32 Å². The van der Waals surface area contributed by atoms with Gasteiger partial charge < -0.3 is 5.32 Å². The molecule has 148 valence electrons. The van der Waals surface area contributed by atoms with E-state index < -0.39 is 23.6 Å². The Bertz CT molecular complexity index is 884. The molecule has 0 bridgehead atoms. The first-order valence-electron chi connectivity index (χ1n) is 8.22. The fourth-order valence-corrected chi connectivity index (χ4v) is 2.35. The zero-order valence-electron chi connectivity index (χ0n) is 14.8. The second-order valence-corrected chi connectivity index (χ2v) is 6.25. The van der Waals surface area contributed by atoms with E-state index in [4.69, 9.17) is 11.6 Å². The highest BCUT2D eigenvalue weighted by Crippen LogP contribution is 2.33. The summed E-state index contributed by atoms with van der Waals surface area (Å²) >= 11 is 5.82. The van der Waals surface area contributed by atoms with Gasteiger partial charge in [-0.25, -0.2) is 5.43 Å². The largest absolute Gasteiger partial charge is 0.416 e. The van der Waals surface area contributed by atoms with Gasteiger partial charge in [-0.05, 0) is 30.7 Å². The first-order valence-corrected chi connectivity index (χ1v) is 8.60. The van der Waals surface area contributed by atoms with E-state index >= 15 is 0 Å². The van der Waals surface area contributed by atoms with Crippen LogP contribution in [0.2, 0.25) is 5.02 Å². The van der Waals surface area contributed by atoms with Crippen LogP contribution in [0.1, 0.15) is 30.9 Å². The highest BCUT2D eigenvalue weighted by Gasteiger charge is 2.31. The number of hydrogen-bond donors (Lipinski definition) is 2. The number of alkyl halides is 3. The molecule has 0 spiro atoms. The molecule has 2 N–H and O–H groups in total. The number of halogens is 4. The molecule has 0 aliphatic carbocycles. The second kappa shape index (κ2) is 9.36. The third-order valence-corrected chi connectivity index (χ3v) is 4.02. The van der Waals surface area contributed by atoms with Crippen molar-refractivity contribution in [3.8, 4) is 0 Å². The van der Waals surface area contributed by atoms with Crippen LogP contribution >= 0.6 is 11.6 Å². The molecule has 2 aromatic rings. The van der Waals surface area contributed by atoms with Gasteiger partial charge in [-0.1, -0.05) is 41.9 Å². The summed E-state index contributed by atoms with van der Waals surface area (Å²) in [7, 11) is 0. The second-order valence-electron chi connectivity index (χ2n) is 5.84.